The molecule has 30 heavy (non-hydrogen) atoms. The fourth-order valence-corrected chi connectivity index (χ4v) is 3.04. The monoisotopic (exact) mass is 402 g/mol. The lowest BCUT2D eigenvalue weighted by atomic mass is 10.2. The molecule has 3 aromatic heterocycles. The summed E-state index contributed by atoms with van der Waals surface area (Å²) in [5, 5.41) is 2.82. The first-order valence-electron chi connectivity index (χ1n) is 9.23. The molecule has 0 bridgehead atoms. The fourth-order valence-electron chi connectivity index (χ4n) is 3.04. The minimum absolute atomic E-state index is 0.161. The van der Waals surface area contributed by atoms with Crippen LogP contribution in [0.5, 0.6) is 0 Å². The highest BCUT2D eigenvalue weighted by Gasteiger charge is 2.16. The van der Waals surface area contributed by atoms with E-state index in [-0.39, 0.29) is 17.6 Å². The lowest BCUT2D eigenvalue weighted by Crippen LogP contribution is -2.43. The van der Waals surface area contributed by atoms with Crippen molar-refractivity contribution in [2.24, 2.45) is 7.05 Å². The molecule has 0 saturated heterocycles. The zero-order chi connectivity index (χ0) is 21.1. The Hall–Kier alpha value is -4.14. The third kappa shape index (κ3) is 3.72. The van der Waals surface area contributed by atoms with Crippen LogP contribution in [0.3, 0.4) is 0 Å². The molecule has 0 radical (unpaired) electrons. The number of pyridine rings is 1. The van der Waals surface area contributed by atoms with Crippen LogP contribution in [-0.4, -0.2) is 30.0 Å². The molecule has 0 atom stereocenters. The Labute approximate surface area is 170 Å². The van der Waals surface area contributed by atoms with Crippen LogP contribution in [0.1, 0.15) is 5.69 Å². The van der Waals surface area contributed by atoms with E-state index < -0.39 is 23.7 Å². The molecule has 0 aliphatic heterocycles. The predicted molar refractivity (Wildman–Crippen MR) is 111 cm³/mol. The molecule has 0 saturated carbocycles. The van der Waals surface area contributed by atoms with Crippen molar-refractivity contribution in [3.05, 3.63) is 87.5 Å². The van der Waals surface area contributed by atoms with Gasteiger partial charge < -0.3 is 5.32 Å². The van der Waals surface area contributed by atoms with Crippen molar-refractivity contribution in [3.63, 3.8) is 0 Å². The maximum atomic E-state index is 12.8. The Balaban J connectivity index is 1.65. The van der Waals surface area contributed by atoms with Crippen LogP contribution in [0.4, 0.5) is 0 Å². The standard InChI is InChI=1S/C21H18N6O3/c1-26-19-16(12-24-18(25-19)14-7-3-2-4-8-14)20(29)27(21(26)30)13-17(28)23-11-15-9-5-6-10-22-15/h2-10,12H,11,13H2,1H3,(H,23,28). The van der Waals surface area contributed by atoms with Gasteiger partial charge in [-0.1, -0.05) is 36.4 Å². The first kappa shape index (κ1) is 19.2. The fraction of sp³-hybridized carbons (Fsp3) is 0.143. The Bertz CT molecular complexity index is 1330. The van der Waals surface area contributed by atoms with E-state index in [2.05, 4.69) is 20.3 Å². The molecule has 0 aliphatic carbocycles. The number of rotatable bonds is 5. The van der Waals surface area contributed by atoms with E-state index in [1.165, 1.54) is 17.8 Å². The third-order valence-corrected chi connectivity index (χ3v) is 4.61. The molecular formula is C21H18N6O3. The van der Waals surface area contributed by atoms with Gasteiger partial charge in [-0.3, -0.25) is 23.7 Å². The summed E-state index contributed by atoms with van der Waals surface area (Å²) >= 11 is 0. The summed E-state index contributed by atoms with van der Waals surface area (Å²) in [5.41, 5.74) is 0.416. The molecule has 4 rings (SSSR count). The SMILES string of the molecule is Cn1c(=O)n(CC(=O)NCc2ccccn2)c(=O)c2cnc(-c3ccccc3)nc21. The molecule has 9 nitrogen and oxygen atoms in total. The molecule has 150 valence electrons. The van der Waals surface area contributed by atoms with E-state index in [1.54, 1.807) is 18.3 Å². The van der Waals surface area contributed by atoms with Gasteiger partial charge in [0.05, 0.1) is 12.2 Å². The second-order valence-corrected chi connectivity index (χ2v) is 6.63. The van der Waals surface area contributed by atoms with Gasteiger partial charge >= 0.3 is 5.69 Å². The maximum absolute atomic E-state index is 12.8. The number of amides is 1. The maximum Gasteiger partial charge on any atom is 0.332 e. The normalized spacial score (nSPS) is 10.8. The number of hydrogen-bond acceptors (Lipinski definition) is 6. The van der Waals surface area contributed by atoms with Gasteiger partial charge in [0.15, 0.2) is 11.5 Å². The van der Waals surface area contributed by atoms with Crippen LogP contribution in [0.25, 0.3) is 22.4 Å². The number of carbonyl (C=O) groups excluding carboxylic acids is 1. The van der Waals surface area contributed by atoms with Gasteiger partial charge in [-0.25, -0.2) is 14.8 Å². The summed E-state index contributed by atoms with van der Waals surface area (Å²) in [5.74, 6) is -0.0654. The lowest BCUT2D eigenvalue weighted by molar-refractivity contribution is -0.121. The van der Waals surface area contributed by atoms with Crippen LogP contribution in [-0.2, 0) is 24.9 Å². The number of benzene rings is 1. The molecule has 1 amide bonds. The van der Waals surface area contributed by atoms with Gasteiger partial charge in [-0.05, 0) is 12.1 Å². The predicted octanol–water partition coefficient (Wildman–Crippen LogP) is 0.869. The zero-order valence-electron chi connectivity index (χ0n) is 16.1. The van der Waals surface area contributed by atoms with Crippen molar-refractivity contribution in [2.75, 3.05) is 0 Å². The van der Waals surface area contributed by atoms with Crippen LogP contribution in [0, 0.1) is 0 Å². The number of aromatic nitrogens is 5. The summed E-state index contributed by atoms with van der Waals surface area (Å²) in [6.45, 7) is -0.208. The number of nitrogens with one attached hydrogen (secondary N) is 1. The zero-order valence-corrected chi connectivity index (χ0v) is 16.1. The molecule has 1 N–H and O–H groups in total. The van der Waals surface area contributed by atoms with Crippen LogP contribution in [0.2, 0.25) is 0 Å². The molecule has 1 aromatic carbocycles. The largest absolute Gasteiger partial charge is 0.349 e. The number of fused-ring (bicyclic) bond motifs is 1. The molecular weight excluding hydrogens is 384 g/mol. The molecule has 0 unspecified atom stereocenters. The van der Waals surface area contributed by atoms with Crippen molar-refractivity contribution < 1.29 is 4.79 Å². The number of hydrogen-bond donors (Lipinski definition) is 1. The van der Waals surface area contributed by atoms with Crippen LogP contribution < -0.4 is 16.6 Å². The van der Waals surface area contributed by atoms with E-state index in [0.717, 1.165) is 10.1 Å². The molecule has 0 aliphatic rings. The van der Waals surface area contributed by atoms with Gasteiger partial charge in [0, 0.05) is 25.0 Å². The molecule has 0 fully saturated rings. The molecule has 4 aromatic rings. The summed E-state index contributed by atoms with van der Waals surface area (Å²) in [6.07, 6.45) is 3.00. The van der Waals surface area contributed by atoms with E-state index in [0.29, 0.717) is 11.5 Å². The minimum Gasteiger partial charge on any atom is -0.349 e. The molecule has 9 heteroatoms. The second kappa shape index (κ2) is 8.08. The third-order valence-electron chi connectivity index (χ3n) is 4.61. The van der Waals surface area contributed by atoms with Crippen molar-refractivity contribution in [1.82, 2.24) is 29.4 Å². The Morgan fingerprint density at radius 2 is 1.80 bits per heavy atom. The molecule has 3 heterocycles. The van der Waals surface area contributed by atoms with Crippen molar-refractivity contribution in [2.45, 2.75) is 13.1 Å². The topological polar surface area (TPSA) is 112 Å². The van der Waals surface area contributed by atoms with Crippen molar-refractivity contribution in [1.29, 1.82) is 0 Å². The summed E-state index contributed by atoms with van der Waals surface area (Å²) in [6, 6.07) is 14.6. The average Bonchev–Trinajstić information content (AvgIpc) is 2.80. The van der Waals surface area contributed by atoms with E-state index >= 15 is 0 Å². The summed E-state index contributed by atoms with van der Waals surface area (Å²) in [7, 11) is 1.51. The second-order valence-electron chi connectivity index (χ2n) is 6.63. The number of nitrogens with zero attached hydrogens (tertiary/aromatic N) is 5. The summed E-state index contributed by atoms with van der Waals surface area (Å²) < 4.78 is 2.12. The van der Waals surface area contributed by atoms with Crippen LogP contribution >= 0.6 is 0 Å². The van der Waals surface area contributed by atoms with Gasteiger partial charge in [0.1, 0.15) is 11.9 Å². The van der Waals surface area contributed by atoms with E-state index in [4.69, 9.17) is 0 Å². The first-order chi connectivity index (χ1) is 14.5. The van der Waals surface area contributed by atoms with Gasteiger partial charge in [-0.2, -0.15) is 0 Å². The van der Waals surface area contributed by atoms with Gasteiger partial charge in [-0.15, -0.1) is 0 Å². The van der Waals surface area contributed by atoms with Crippen molar-refractivity contribution >= 4 is 16.9 Å². The van der Waals surface area contributed by atoms with Crippen LogP contribution in [0.15, 0.2) is 70.5 Å². The number of aryl methyl sites for hydroxylation is 1. The quantitative estimate of drug-likeness (QED) is 0.530. The Kier molecular flexibility index (Phi) is 5.17. The Morgan fingerprint density at radius 1 is 1.03 bits per heavy atom. The average molecular weight is 402 g/mol. The van der Waals surface area contributed by atoms with Crippen molar-refractivity contribution in [3.8, 4) is 11.4 Å². The molecule has 0 spiro atoms. The minimum atomic E-state index is -0.627. The number of carbonyl (C=O) groups is 1. The highest BCUT2D eigenvalue weighted by molar-refractivity contribution is 5.78. The highest BCUT2D eigenvalue weighted by Crippen LogP contribution is 2.15. The lowest BCUT2D eigenvalue weighted by Gasteiger charge is -2.11. The van der Waals surface area contributed by atoms with E-state index in [9.17, 15) is 14.4 Å². The smallest absolute Gasteiger partial charge is 0.332 e. The summed E-state index contributed by atoms with van der Waals surface area (Å²) in [4.78, 5) is 50.6. The highest BCUT2D eigenvalue weighted by atomic mass is 16.2. The van der Waals surface area contributed by atoms with Gasteiger partial charge in [0.2, 0.25) is 5.91 Å². The van der Waals surface area contributed by atoms with Gasteiger partial charge in [0.25, 0.3) is 5.56 Å². The first-order valence-corrected chi connectivity index (χ1v) is 9.23. The van der Waals surface area contributed by atoms with E-state index in [1.807, 2.05) is 36.4 Å². The Morgan fingerprint density at radius 3 is 2.53 bits per heavy atom.